The Hall–Kier alpha value is -1.68. The molecule has 0 atom stereocenters. The first-order valence-corrected chi connectivity index (χ1v) is 5.69. The van der Waals surface area contributed by atoms with Gasteiger partial charge in [0.05, 0.1) is 12.3 Å². The molecule has 0 fully saturated rings. The van der Waals surface area contributed by atoms with Gasteiger partial charge in [-0.25, -0.2) is 0 Å². The molecular weight excluding hydrogens is 238 g/mol. The monoisotopic (exact) mass is 251 g/mol. The molecule has 0 saturated heterocycles. The fraction of sp³-hybridized carbons (Fsp3) is 0.250. The first-order valence-electron chi connectivity index (χ1n) is 5.31. The van der Waals surface area contributed by atoms with Crippen LogP contribution in [0.3, 0.4) is 0 Å². The summed E-state index contributed by atoms with van der Waals surface area (Å²) in [4.78, 5) is 0. The van der Waals surface area contributed by atoms with Crippen molar-refractivity contribution in [1.29, 1.82) is 0 Å². The van der Waals surface area contributed by atoms with Gasteiger partial charge in [-0.2, -0.15) is 5.10 Å². The maximum Gasteiger partial charge on any atom is 0.143 e. The molecule has 0 aliphatic rings. The zero-order chi connectivity index (χ0) is 12.3. The molecule has 0 bridgehead atoms. The number of aryl methyl sites for hydroxylation is 1. The van der Waals surface area contributed by atoms with Gasteiger partial charge in [0.25, 0.3) is 0 Å². The number of aromatic nitrogens is 2. The third-order valence-electron chi connectivity index (χ3n) is 2.51. The first kappa shape index (κ1) is 11.8. The lowest BCUT2D eigenvalue weighted by atomic mass is 10.3. The molecular formula is C12H14ClN3O. The number of ether oxygens (including phenoxy) is 1. The second-order valence-electron chi connectivity index (χ2n) is 3.73. The summed E-state index contributed by atoms with van der Waals surface area (Å²) >= 11 is 5.87. The fourth-order valence-corrected chi connectivity index (χ4v) is 1.71. The van der Waals surface area contributed by atoms with Gasteiger partial charge >= 0.3 is 0 Å². The van der Waals surface area contributed by atoms with Gasteiger partial charge < -0.3 is 10.5 Å². The number of nitrogens with zero attached hydrogens (tertiary/aromatic N) is 2. The average molecular weight is 252 g/mol. The van der Waals surface area contributed by atoms with E-state index in [0.717, 1.165) is 12.1 Å². The maximum absolute atomic E-state index is 5.87. The van der Waals surface area contributed by atoms with Gasteiger partial charge in [-0.05, 0) is 18.2 Å². The molecule has 0 aliphatic carbocycles. The van der Waals surface area contributed by atoms with Crippen molar-refractivity contribution in [2.75, 3.05) is 12.3 Å². The van der Waals surface area contributed by atoms with Crippen LogP contribution in [-0.2, 0) is 13.5 Å². The number of anilines is 1. The van der Waals surface area contributed by atoms with Crippen molar-refractivity contribution in [3.05, 3.63) is 41.2 Å². The summed E-state index contributed by atoms with van der Waals surface area (Å²) in [6, 6.07) is 7.16. The predicted octanol–water partition coefficient (Wildman–Crippen LogP) is 2.28. The van der Waals surface area contributed by atoms with Crippen molar-refractivity contribution >= 4 is 17.3 Å². The average Bonchev–Trinajstić information content (AvgIpc) is 2.70. The molecule has 0 radical (unpaired) electrons. The van der Waals surface area contributed by atoms with Crippen LogP contribution in [0.4, 0.5) is 5.69 Å². The molecule has 0 amide bonds. The molecule has 2 rings (SSSR count). The Kier molecular flexibility index (Phi) is 3.54. The lowest BCUT2D eigenvalue weighted by molar-refractivity contribution is 0.320. The number of halogens is 1. The number of nitrogen functional groups attached to an aromatic ring is 1. The van der Waals surface area contributed by atoms with Gasteiger partial charge in [0, 0.05) is 36.4 Å². The molecule has 2 N–H and O–H groups in total. The molecule has 5 heteroatoms. The topological polar surface area (TPSA) is 53.1 Å². The van der Waals surface area contributed by atoms with Crippen LogP contribution < -0.4 is 10.5 Å². The summed E-state index contributed by atoms with van der Waals surface area (Å²) in [6.45, 7) is 0.546. The van der Waals surface area contributed by atoms with E-state index in [0.29, 0.717) is 23.1 Å². The van der Waals surface area contributed by atoms with Crippen LogP contribution in [0.2, 0.25) is 5.02 Å². The lowest BCUT2D eigenvalue weighted by Gasteiger charge is -2.09. The van der Waals surface area contributed by atoms with E-state index >= 15 is 0 Å². The van der Waals surface area contributed by atoms with Gasteiger partial charge in [-0.1, -0.05) is 11.6 Å². The fourth-order valence-electron chi connectivity index (χ4n) is 1.55. The SMILES string of the molecule is Cn1nccc1CCOc1cc(Cl)ccc1N. The minimum absolute atomic E-state index is 0.546. The molecule has 0 spiro atoms. The summed E-state index contributed by atoms with van der Waals surface area (Å²) in [6.07, 6.45) is 2.55. The van der Waals surface area contributed by atoms with E-state index < -0.39 is 0 Å². The summed E-state index contributed by atoms with van der Waals surface area (Å²) in [5, 5.41) is 4.71. The third kappa shape index (κ3) is 2.91. The predicted molar refractivity (Wildman–Crippen MR) is 68.3 cm³/mol. The first-order chi connectivity index (χ1) is 8.16. The van der Waals surface area contributed by atoms with Crippen molar-refractivity contribution in [2.45, 2.75) is 6.42 Å². The van der Waals surface area contributed by atoms with Crippen molar-refractivity contribution in [3.8, 4) is 5.75 Å². The van der Waals surface area contributed by atoms with Crippen LogP contribution in [-0.4, -0.2) is 16.4 Å². The highest BCUT2D eigenvalue weighted by atomic mass is 35.5. The van der Waals surface area contributed by atoms with E-state index in [1.54, 1.807) is 24.4 Å². The largest absolute Gasteiger partial charge is 0.491 e. The van der Waals surface area contributed by atoms with E-state index in [9.17, 15) is 0 Å². The Morgan fingerprint density at radius 1 is 1.41 bits per heavy atom. The van der Waals surface area contributed by atoms with Crippen molar-refractivity contribution in [1.82, 2.24) is 9.78 Å². The molecule has 90 valence electrons. The molecule has 1 aromatic heterocycles. The van der Waals surface area contributed by atoms with Crippen LogP contribution in [0, 0.1) is 0 Å². The zero-order valence-corrected chi connectivity index (χ0v) is 10.3. The van der Waals surface area contributed by atoms with E-state index in [4.69, 9.17) is 22.1 Å². The van der Waals surface area contributed by atoms with Crippen LogP contribution in [0.5, 0.6) is 5.75 Å². The van der Waals surface area contributed by atoms with Gasteiger partial charge in [-0.3, -0.25) is 4.68 Å². The van der Waals surface area contributed by atoms with Crippen molar-refractivity contribution < 1.29 is 4.74 Å². The molecule has 17 heavy (non-hydrogen) atoms. The Morgan fingerprint density at radius 3 is 2.94 bits per heavy atom. The number of nitrogens with two attached hydrogens (primary N) is 1. The van der Waals surface area contributed by atoms with Crippen LogP contribution in [0.1, 0.15) is 5.69 Å². The highest BCUT2D eigenvalue weighted by Gasteiger charge is 2.03. The molecule has 0 saturated carbocycles. The molecule has 0 unspecified atom stereocenters. The van der Waals surface area contributed by atoms with E-state index in [2.05, 4.69) is 5.10 Å². The molecule has 4 nitrogen and oxygen atoms in total. The smallest absolute Gasteiger partial charge is 0.143 e. The summed E-state index contributed by atoms with van der Waals surface area (Å²) in [5.41, 5.74) is 7.49. The molecule has 2 aromatic rings. The lowest BCUT2D eigenvalue weighted by Crippen LogP contribution is -2.07. The summed E-state index contributed by atoms with van der Waals surface area (Å²) in [7, 11) is 1.91. The Morgan fingerprint density at radius 2 is 2.24 bits per heavy atom. The van der Waals surface area contributed by atoms with E-state index in [1.807, 2.05) is 17.8 Å². The number of hydrogen-bond acceptors (Lipinski definition) is 3. The quantitative estimate of drug-likeness (QED) is 0.849. The second kappa shape index (κ2) is 5.10. The van der Waals surface area contributed by atoms with Crippen molar-refractivity contribution in [3.63, 3.8) is 0 Å². The molecule has 1 heterocycles. The van der Waals surface area contributed by atoms with Gasteiger partial charge in [-0.15, -0.1) is 0 Å². The normalized spacial score (nSPS) is 10.5. The highest BCUT2D eigenvalue weighted by Crippen LogP contribution is 2.25. The standard InChI is InChI=1S/C12H14ClN3O/c1-16-10(4-6-15-16)5-7-17-12-8-9(13)2-3-11(12)14/h2-4,6,8H,5,7,14H2,1H3. The minimum atomic E-state index is 0.546. The Labute approximate surface area is 105 Å². The maximum atomic E-state index is 5.87. The Bertz CT molecular complexity index is 510. The highest BCUT2D eigenvalue weighted by molar-refractivity contribution is 6.30. The van der Waals surface area contributed by atoms with Gasteiger partial charge in [0.2, 0.25) is 0 Å². The van der Waals surface area contributed by atoms with E-state index in [1.165, 1.54) is 0 Å². The van der Waals surface area contributed by atoms with Crippen LogP contribution in [0.25, 0.3) is 0 Å². The van der Waals surface area contributed by atoms with Gasteiger partial charge in [0.1, 0.15) is 5.75 Å². The number of rotatable bonds is 4. The zero-order valence-electron chi connectivity index (χ0n) is 9.56. The minimum Gasteiger partial charge on any atom is -0.491 e. The van der Waals surface area contributed by atoms with Crippen LogP contribution >= 0.6 is 11.6 Å². The van der Waals surface area contributed by atoms with Crippen molar-refractivity contribution in [2.24, 2.45) is 7.05 Å². The summed E-state index contributed by atoms with van der Waals surface area (Å²) < 4.78 is 7.42. The second-order valence-corrected chi connectivity index (χ2v) is 4.16. The molecule has 1 aromatic carbocycles. The van der Waals surface area contributed by atoms with E-state index in [-0.39, 0.29) is 0 Å². The molecule has 0 aliphatic heterocycles. The number of hydrogen-bond donors (Lipinski definition) is 1. The number of benzene rings is 1. The van der Waals surface area contributed by atoms with Gasteiger partial charge in [0.15, 0.2) is 0 Å². The van der Waals surface area contributed by atoms with Crippen LogP contribution in [0.15, 0.2) is 30.5 Å². The third-order valence-corrected chi connectivity index (χ3v) is 2.75. The summed E-state index contributed by atoms with van der Waals surface area (Å²) in [5.74, 6) is 0.625. The Balaban J connectivity index is 1.94.